The Labute approximate surface area is 132 Å². The number of allylic oxidation sites excluding steroid dienone is 8. The van der Waals surface area contributed by atoms with E-state index in [0.29, 0.717) is 11.8 Å². The van der Waals surface area contributed by atoms with Gasteiger partial charge >= 0.3 is 30.2 Å². The fourth-order valence-corrected chi connectivity index (χ4v) is 1.51. The van der Waals surface area contributed by atoms with Crippen LogP contribution < -0.4 is 0 Å². The van der Waals surface area contributed by atoms with Crippen molar-refractivity contribution in [3.63, 3.8) is 0 Å². The molecule has 18 heavy (non-hydrogen) atoms. The summed E-state index contributed by atoms with van der Waals surface area (Å²) in [6, 6.07) is 0. The second-order valence-electron chi connectivity index (χ2n) is 4.02. The van der Waals surface area contributed by atoms with E-state index in [9.17, 15) is 0 Å². The van der Waals surface area contributed by atoms with Crippen LogP contribution in [0.25, 0.3) is 0 Å². The summed E-state index contributed by atoms with van der Waals surface area (Å²) in [5, 5.41) is 0. The van der Waals surface area contributed by atoms with Crippen LogP contribution in [-0.4, -0.2) is 6.88 Å². The monoisotopic (exact) mass is 336 g/mol. The molecule has 2 rings (SSSR count). The molecule has 0 saturated carbocycles. The van der Waals surface area contributed by atoms with Crippen LogP contribution >= 0.6 is 0 Å². The minimum absolute atomic E-state index is 0. The van der Waals surface area contributed by atoms with E-state index in [-0.39, 0.29) is 14.9 Å². The third kappa shape index (κ3) is 11.2. The van der Waals surface area contributed by atoms with Gasteiger partial charge in [-0.25, -0.2) is 23.3 Å². The molecule has 2 unspecified atom stereocenters. The van der Waals surface area contributed by atoms with Gasteiger partial charge in [0.25, 0.3) is 0 Å². The summed E-state index contributed by atoms with van der Waals surface area (Å²) in [5.41, 5.74) is 2.68. The van der Waals surface area contributed by atoms with Crippen LogP contribution in [0.15, 0.2) is 35.5 Å². The van der Waals surface area contributed by atoms with Gasteiger partial charge in [-0.15, -0.1) is 13.8 Å². The van der Waals surface area contributed by atoms with E-state index in [1.807, 2.05) is 19.0 Å². The van der Waals surface area contributed by atoms with Gasteiger partial charge in [0.15, 0.2) is 0 Å². The van der Waals surface area contributed by atoms with E-state index in [1.54, 1.807) is 23.3 Å². The SMILES string of the molecule is CC1=CC(C)[C-]=C1.CC1=CC(C)[C-]=C1.[CH3-].[CH3-].[SiH2]=[Zr]. The average molecular weight is 338 g/mol. The Morgan fingerprint density at radius 1 is 0.889 bits per heavy atom. The number of hydrogen-bond donors (Lipinski definition) is 0. The molecule has 2 heteroatoms. The summed E-state index contributed by atoms with van der Waals surface area (Å²) >= 11 is 1.58. The molecule has 0 radical (unpaired) electrons. The molecule has 0 aromatic rings. The average Bonchev–Trinajstić information content (AvgIpc) is 2.80. The normalized spacial score (nSPS) is 22.2. The van der Waals surface area contributed by atoms with Crippen LogP contribution in [0, 0.1) is 38.8 Å². The molecule has 0 saturated heterocycles. The molecule has 0 aromatic heterocycles. The van der Waals surface area contributed by atoms with Crippen molar-refractivity contribution >= 4 is 6.88 Å². The topological polar surface area (TPSA) is 0 Å². The van der Waals surface area contributed by atoms with E-state index in [1.165, 1.54) is 11.1 Å². The molecule has 0 amide bonds. The maximum atomic E-state index is 3.15. The Morgan fingerprint density at radius 2 is 1.17 bits per heavy atom. The molecule has 0 fully saturated rings. The van der Waals surface area contributed by atoms with Gasteiger partial charge in [-0.2, -0.15) is 12.2 Å². The van der Waals surface area contributed by atoms with E-state index in [2.05, 4.69) is 52.0 Å². The second-order valence-corrected chi connectivity index (χ2v) is 4.02. The summed E-state index contributed by atoms with van der Waals surface area (Å²) in [7, 11) is 0. The molecule has 2 aliphatic carbocycles. The zero-order valence-electron chi connectivity index (χ0n) is 12.7. The summed E-state index contributed by atoms with van der Waals surface area (Å²) in [5.74, 6) is 1.11. The second kappa shape index (κ2) is 13.5. The van der Waals surface area contributed by atoms with Gasteiger partial charge in [-0.3, -0.25) is 12.2 Å². The molecule has 0 aromatic carbocycles. The van der Waals surface area contributed by atoms with Crippen LogP contribution in [0.4, 0.5) is 0 Å². The molecule has 0 aliphatic heterocycles. The summed E-state index contributed by atoms with van der Waals surface area (Å²) < 4.78 is 0. The van der Waals surface area contributed by atoms with Crippen molar-refractivity contribution in [2.75, 3.05) is 0 Å². The summed E-state index contributed by atoms with van der Waals surface area (Å²) in [6.45, 7) is 10.4. The van der Waals surface area contributed by atoms with Gasteiger partial charge in [0, 0.05) is 0 Å². The zero-order valence-corrected chi connectivity index (χ0v) is 16.5. The first kappa shape index (κ1) is 23.2. The molecule has 2 aliphatic rings. The van der Waals surface area contributed by atoms with Gasteiger partial charge < -0.3 is 14.9 Å². The molecular formula is C16H26SiZr-4. The maximum absolute atomic E-state index is 3.15. The van der Waals surface area contributed by atoms with Gasteiger partial charge in [0.2, 0.25) is 0 Å². The van der Waals surface area contributed by atoms with Crippen molar-refractivity contribution in [1.29, 1.82) is 0 Å². The zero-order chi connectivity index (χ0) is 12.6. The Bertz CT molecular complexity index is 292. The van der Waals surface area contributed by atoms with E-state index < -0.39 is 0 Å². The van der Waals surface area contributed by atoms with Crippen molar-refractivity contribution in [3.8, 4) is 0 Å². The molecular weight excluding hydrogens is 311 g/mol. The molecule has 0 heterocycles. The van der Waals surface area contributed by atoms with Crippen LogP contribution in [0.2, 0.25) is 0 Å². The molecule has 0 spiro atoms. The molecule has 0 bridgehead atoms. The van der Waals surface area contributed by atoms with Crippen molar-refractivity contribution in [3.05, 3.63) is 62.5 Å². The predicted octanol–water partition coefficient (Wildman–Crippen LogP) is 3.87. The van der Waals surface area contributed by atoms with E-state index in [4.69, 9.17) is 0 Å². The Morgan fingerprint density at radius 3 is 1.22 bits per heavy atom. The minimum atomic E-state index is 0. The van der Waals surface area contributed by atoms with Gasteiger partial charge in [0.05, 0.1) is 0 Å². The van der Waals surface area contributed by atoms with Crippen molar-refractivity contribution in [2.45, 2.75) is 27.7 Å². The number of rotatable bonds is 0. The van der Waals surface area contributed by atoms with Gasteiger partial charge in [0.1, 0.15) is 0 Å². The molecule has 2 atom stereocenters. The Kier molecular flexibility index (Phi) is 17.4. The van der Waals surface area contributed by atoms with Crippen molar-refractivity contribution in [1.82, 2.24) is 0 Å². The Hall–Kier alpha value is 0.0600. The third-order valence-corrected chi connectivity index (χ3v) is 2.17. The van der Waals surface area contributed by atoms with Crippen LogP contribution in [-0.2, 0) is 23.3 Å². The first-order chi connectivity index (χ1) is 7.58. The predicted molar refractivity (Wildman–Crippen MR) is 82.8 cm³/mol. The molecule has 102 valence electrons. The van der Waals surface area contributed by atoms with Crippen LogP contribution in [0.3, 0.4) is 0 Å². The summed E-state index contributed by atoms with van der Waals surface area (Å²) in [4.78, 5) is 0. The first-order valence-corrected chi connectivity index (χ1v) is 11.4. The molecule has 0 nitrogen and oxygen atoms in total. The van der Waals surface area contributed by atoms with Crippen molar-refractivity contribution < 1.29 is 23.3 Å². The van der Waals surface area contributed by atoms with Crippen molar-refractivity contribution in [2.24, 2.45) is 11.8 Å². The fraction of sp³-hybridized carbons (Fsp3) is 0.375. The van der Waals surface area contributed by atoms with Crippen LogP contribution in [0.1, 0.15) is 27.7 Å². The Balaban J connectivity index is -0.000000200. The van der Waals surface area contributed by atoms with E-state index in [0.717, 1.165) is 0 Å². The standard InChI is InChI=1S/2C7H9.2CH3.H2Si.Zr/c2*1-6-3-4-7(2)5-6;;;;/h2*3,5,7H,1-2H3;2*1H3;1H2;/q4*-1;;. The third-order valence-electron chi connectivity index (χ3n) is 2.17. The van der Waals surface area contributed by atoms with Gasteiger partial charge in [-0.05, 0) is 0 Å². The fourth-order valence-electron chi connectivity index (χ4n) is 1.51. The summed E-state index contributed by atoms with van der Waals surface area (Å²) in [6.07, 6.45) is 14.8. The quantitative estimate of drug-likeness (QED) is 0.465. The first-order valence-electron chi connectivity index (χ1n) is 5.48. The van der Waals surface area contributed by atoms with Crippen LogP contribution in [0.5, 0.6) is 0 Å². The number of hydrogen-bond acceptors (Lipinski definition) is 0. The van der Waals surface area contributed by atoms with E-state index >= 15 is 0 Å². The van der Waals surface area contributed by atoms with Gasteiger partial charge in [-0.1, -0.05) is 25.7 Å². The molecule has 0 N–H and O–H groups in total.